The highest BCUT2D eigenvalue weighted by Crippen LogP contribution is 2.58. The van der Waals surface area contributed by atoms with Crippen molar-refractivity contribution in [2.75, 3.05) is 6.54 Å². The van der Waals surface area contributed by atoms with Gasteiger partial charge in [0.1, 0.15) is 17.9 Å². The first-order chi connectivity index (χ1) is 17.5. The lowest BCUT2D eigenvalue weighted by molar-refractivity contribution is -0.199. The van der Waals surface area contributed by atoms with Gasteiger partial charge in [0.05, 0.1) is 10.6 Å². The van der Waals surface area contributed by atoms with Crippen molar-refractivity contribution < 1.29 is 9.53 Å². The molecule has 0 spiro atoms. The SMILES string of the molecule is CCCCCCCCCN(C(=O)c1ccc(I)cc1)C1C(C)(C)C(Oc2ccc(C#N)c(Cl)c2)C1(C)C. The number of rotatable bonds is 12. The van der Waals surface area contributed by atoms with Crippen LogP contribution in [0.4, 0.5) is 0 Å². The van der Waals surface area contributed by atoms with Gasteiger partial charge in [0, 0.05) is 38.6 Å². The van der Waals surface area contributed by atoms with Crippen molar-refractivity contribution in [1.82, 2.24) is 4.90 Å². The van der Waals surface area contributed by atoms with Crippen LogP contribution in [0.25, 0.3) is 0 Å². The average Bonchev–Trinajstić information content (AvgIpc) is 2.85. The standard InChI is InChI=1S/C31H40ClIN2O2/c1-6-7-8-9-10-11-12-19-35(27(36)22-13-16-24(33)17-14-22)28-30(2,3)29(31(28,4)5)37-25-18-15-23(21-34)26(32)20-25/h13-18,20,28-29H,6-12,19H2,1-5H3. The third kappa shape index (κ3) is 6.81. The average molecular weight is 635 g/mol. The van der Waals surface area contributed by atoms with Crippen LogP contribution < -0.4 is 4.74 Å². The van der Waals surface area contributed by atoms with Crippen molar-refractivity contribution in [3.8, 4) is 11.8 Å². The number of nitrogens with zero attached hydrogens (tertiary/aromatic N) is 2. The number of amides is 1. The largest absolute Gasteiger partial charge is 0.489 e. The zero-order valence-electron chi connectivity index (χ0n) is 22.8. The monoisotopic (exact) mass is 634 g/mol. The molecule has 6 heteroatoms. The molecule has 200 valence electrons. The van der Waals surface area contributed by atoms with Crippen LogP contribution in [0.1, 0.15) is 95.5 Å². The number of hydrogen-bond donors (Lipinski definition) is 0. The summed E-state index contributed by atoms with van der Waals surface area (Å²) in [6, 6.07) is 15.2. The Morgan fingerprint density at radius 2 is 1.59 bits per heavy atom. The zero-order valence-corrected chi connectivity index (χ0v) is 25.7. The minimum atomic E-state index is -0.274. The highest BCUT2D eigenvalue weighted by atomic mass is 127. The lowest BCUT2D eigenvalue weighted by Gasteiger charge is -2.66. The highest BCUT2D eigenvalue weighted by Gasteiger charge is 2.66. The summed E-state index contributed by atoms with van der Waals surface area (Å²) in [4.78, 5) is 16.0. The summed E-state index contributed by atoms with van der Waals surface area (Å²) in [6.45, 7) is 11.7. The molecule has 3 rings (SSSR count). The number of hydrogen-bond acceptors (Lipinski definition) is 3. The Balaban J connectivity index is 1.80. The van der Waals surface area contributed by atoms with Gasteiger partial charge in [-0.05, 0) is 65.4 Å². The molecule has 2 aromatic carbocycles. The minimum absolute atomic E-state index is 0.0192. The molecule has 1 saturated carbocycles. The molecule has 0 atom stereocenters. The molecular formula is C31H40ClIN2O2. The number of ether oxygens (including phenoxy) is 1. The summed E-state index contributed by atoms with van der Waals surface area (Å²) in [5.41, 5.74) is 0.620. The van der Waals surface area contributed by atoms with E-state index in [0.717, 1.165) is 28.5 Å². The Morgan fingerprint density at radius 1 is 1.00 bits per heavy atom. The summed E-state index contributed by atoms with van der Waals surface area (Å²) in [7, 11) is 0. The van der Waals surface area contributed by atoms with Crippen molar-refractivity contribution >= 4 is 40.1 Å². The quantitative estimate of drug-likeness (QED) is 0.173. The predicted molar refractivity (Wildman–Crippen MR) is 160 cm³/mol. The van der Waals surface area contributed by atoms with E-state index in [1.54, 1.807) is 18.2 Å². The first-order valence-corrected chi connectivity index (χ1v) is 14.9. The van der Waals surface area contributed by atoms with Crippen LogP contribution in [0.15, 0.2) is 42.5 Å². The molecule has 0 radical (unpaired) electrons. The van der Waals surface area contributed by atoms with Crippen molar-refractivity contribution in [2.45, 2.75) is 91.7 Å². The Hall–Kier alpha value is -1.78. The third-order valence-corrected chi connectivity index (χ3v) is 8.77. The predicted octanol–water partition coefficient (Wildman–Crippen LogP) is 8.89. The summed E-state index contributed by atoms with van der Waals surface area (Å²) in [5, 5.41) is 9.59. The highest BCUT2D eigenvalue weighted by molar-refractivity contribution is 14.1. The molecule has 1 aliphatic rings. The molecule has 0 unspecified atom stereocenters. The van der Waals surface area contributed by atoms with E-state index in [4.69, 9.17) is 16.3 Å². The number of carbonyl (C=O) groups excluding carboxylic acids is 1. The molecule has 37 heavy (non-hydrogen) atoms. The van der Waals surface area contributed by atoms with E-state index in [1.807, 2.05) is 24.3 Å². The molecule has 0 aromatic heterocycles. The molecule has 0 bridgehead atoms. The van der Waals surface area contributed by atoms with E-state index < -0.39 is 0 Å². The van der Waals surface area contributed by atoms with Gasteiger partial charge in [0.2, 0.25) is 0 Å². The second-order valence-corrected chi connectivity index (χ2v) is 13.1. The summed E-state index contributed by atoms with van der Waals surface area (Å²) in [6.07, 6.45) is 8.35. The van der Waals surface area contributed by atoms with Gasteiger partial charge in [-0.1, -0.05) is 84.7 Å². The van der Waals surface area contributed by atoms with Crippen LogP contribution in [0, 0.1) is 25.7 Å². The molecule has 1 amide bonds. The molecule has 0 N–H and O–H groups in total. The van der Waals surface area contributed by atoms with Crippen molar-refractivity contribution in [1.29, 1.82) is 5.26 Å². The summed E-state index contributed by atoms with van der Waals surface area (Å²) in [5.74, 6) is 0.740. The fourth-order valence-corrected chi connectivity index (χ4v) is 6.93. The van der Waals surface area contributed by atoms with Crippen LogP contribution in [0.2, 0.25) is 5.02 Å². The van der Waals surface area contributed by atoms with Crippen LogP contribution >= 0.6 is 34.2 Å². The molecule has 0 aliphatic heterocycles. The van der Waals surface area contributed by atoms with Crippen molar-refractivity contribution in [2.24, 2.45) is 10.8 Å². The molecule has 1 aliphatic carbocycles. The van der Waals surface area contributed by atoms with Crippen molar-refractivity contribution in [3.05, 3.63) is 62.2 Å². The minimum Gasteiger partial charge on any atom is -0.489 e. The van der Waals surface area contributed by atoms with Gasteiger partial charge in [-0.3, -0.25) is 4.79 Å². The molecule has 2 aromatic rings. The Labute approximate surface area is 241 Å². The Kier molecular flexibility index (Phi) is 10.3. The maximum Gasteiger partial charge on any atom is 0.254 e. The number of carbonyl (C=O) groups is 1. The number of halogens is 2. The van der Waals surface area contributed by atoms with Gasteiger partial charge < -0.3 is 9.64 Å². The second kappa shape index (κ2) is 12.8. The fraction of sp³-hybridized carbons (Fsp3) is 0.548. The smallest absolute Gasteiger partial charge is 0.254 e. The lowest BCUT2D eigenvalue weighted by Crippen LogP contribution is -2.75. The van der Waals surface area contributed by atoms with E-state index in [0.29, 0.717) is 16.3 Å². The lowest BCUT2D eigenvalue weighted by atomic mass is 9.48. The summed E-state index contributed by atoms with van der Waals surface area (Å²) >= 11 is 8.54. The molecule has 1 fully saturated rings. The third-order valence-electron chi connectivity index (χ3n) is 7.74. The number of nitriles is 1. The van der Waals surface area contributed by atoms with Gasteiger partial charge >= 0.3 is 0 Å². The molecule has 0 saturated heterocycles. The van der Waals surface area contributed by atoms with E-state index >= 15 is 0 Å². The van der Waals surface area contributed by atoms with Gasteiger partial charge in [-0.2, -0.15) is 5.26 Å². The van der Waals surface area contributed by atoms with Crippen LogP contribution in [-0.2, 0) is 0 Å². The van der Waals surface area contributed by atoms with E-state index in [1.165, 1.54) is 32.1 Å². The topological polar surface area (TPSA) is 53.3 Å². The maximum absolute atomic E-state index is 13.9. The van der Waals surface area contributed by atoms with E-state index in [-0.39, 0.29) is 28.9 Å². The van der Waals surface area contributed by atoms with Gasteiger partial charge in [0.15, 0.2) is 0 Å². The normalized spacial score (nSPS) is 19.5. The van der Waals surface area contributed by atoms with E-state index in [9.17, 15) is 10.1 Å². The fourth-order valence-electron chi connectivity index (χ4n) is 6.36. The maximum atomic E-state index is 13.9. The first kappa shape index (κ1) is 29.8. The van der Waals surface area contributed by atoms with Gasteiger partial charge in [0.25, 0.3) is 5.91 Å². The van der Waals surface area contributed by atoms with Crippen molar-refractivity contribution in [3.63, 3.8) is 0 Å². The summed E-state index contributed by atoms with van der Waals surface area (Å²) < 4.78 is 7.61. The Bertz CT molecular complexity index is 1090. The molecule has 4 nitrogen and oxygen atoms in total. The number of benzene rings is 2. The van der Waals surface area contributed by atoms with Gasteiger partial charge in [-0.15, -0.1) is 0 Å². The zero-order chi connectivity index (χ0) is 27.2. The van der Waals surface area contributed by atoms with Crippen LogP contribution in [0.5, 0.6) is 5.75 Å². The molecule has 0 heterocycles. The first-order valence-electron chi connectivity index (χ1n) is 13.5. The second-order valence-electron chi connectivity index (χ2n) is 11.4. The molecular weight excluding hydrogens is 595 g/mol. The van der Waals surface area contributed by atoms with Crippen LogP contribution in [0.3, 0.4) is 0 Å². The van der Waals surface area contributed by atoms with Crippen LogP contribution in [-0.4, -0.2) is 29.5 Å². The number of unbranched alkanes of at least 4 members (excludes halogenated alkanes) is 6. The van der Waals surface area contributed by atoms with Gasteiger partial charge in [-0.25, -0.2) is 0 Å². The Morgan fingerprint density at radius 3 is 2.16 bits per heavy atom. The van der Waals surface area contributed by atoms with E-state index in [2.05, 4.69) is 68.2 Å².